The second-order valence-corrected chi connectivity index (χ2v) is 3.11. The number of ether oxygens (including phenoxy) is 1. The van der Waals surface area contributed by atoms with Crippen molar-refractivity contribution in [1.82, 2.24) is 0 Å². The van der Waals surface area contributed by atoms with Gasteiger partial charge >= 0.3 is 0 Å². The van der Waals surface area contributed by atoms with Gasteiger partial charge in [-0.25, -0.2) is 0 Å². The van der Waals surface area contributed by atoms with Gasteiger partial charge in [-0.15, -0.1) is 0 Å². The Morgan fingerprint density at radius 3 is 2.71 bits per heavy atom. The first-order valence-corrected chi connectivity index (χ1v) is 4.25. The van der Waals surface area contributed by atoms with Crippen LogP contribution in [0.5, 0.6) is 5.75 Å². The molecule has 0 aromatic heterocycles. The lowest BCUT2D eigenvalue weighted by molar-refractivity contribution is -0.126. The van der Waals surface area contributed by atoms with E-state index in [1.165, 1.54) is 19.2 Å². The van der Waals surface area contributed by atoms with Gasteiger partial charge in [0.2, 0.25) is 0 Å². The molecule has 1 unspecified atom stereocenters. The van der Waals surface area contributed by atoms with Crippen LogP contribution < -0.4 is 10.5 Å². The predicted octanol–water partition coefficient (Wildman–Crippen LogP) is 0.867. The number of methoxy groups -OCH3 is 1. The standard InChI is InChI=1S/C9H10ClNO3/c1-14-7-3-2-5(4-6(7)10)8(12)9(11)13/h2-4,8,12H,1H3,(H2,11,13). The van der Waals surface area contributed by atoms with Gasteiger partial charge in [-0.2, -0.15) is 0 Å². The minimum atomic E-state index is -1.33. The third-order valence-electron chi connectivity index (χ3n) is 1.76. The topological polar surface area (TPSA) is 72.6 Å². The molecule has 1 rings (SSSR count). The fourth-order valence-corrected chi connectivity index (χ4v) is 1.28. The maximum Gasteiger partial charge on any atom is 0.250 e. The molecule has 0 fully saturated rings. The van der Waals surface area contributed by atoms with Crippen LogP contribution in [0.4, 0.5) is 0 Å². The van der Waals surface area contributed by atoms with Crippen molar-refractivity contribution in [2.45, 2.75) is 6.10 Å². The lowest BCUT2D eigenvalue weighted by atomic mass is 10.1. The van der Waals surface area contributed by atoms with Gasteiger partial charge in [0, 0.05) is 0 Å². The van der Waals surface area contributed by atoms with Crippen molar-refractivity contribution in [3.05, 3.63) is 28.8 Å². The van der Waals surface area contributed by atoms with Crippen LogP contribution in [0.25, 0.3) is 0 Å². The number of carbonyl (C=O) groups is 1. The quantitative estimate of drug-likeness (QED) is 0.786. The van der Waals surface area contributed by atoms with Gasteiger partial charge in [0.1, 0.15) is 5.75 Å². The molecule has 1 aromatic rings. The zero-order chi connectivity index (χ0) is 10.7. The Bertz CT molecular complexity index is 354. The maximum absolute atomic E-state index is 10.7. The number of hydrogen-bond acceptors (Lipinski definition) is 3. The smallest absolute Gasteiger partial charge is 0.250 e. The van der Waals surface area contributed by atoms with Gasteiger partial charge in [0.05, 0.1) is 12.1 Å². The monoisotopic (exact) mass is 215 g/mol. The first kappa shape index (κ1) is 10.8. The van der Waals surface area contributed by atoms with Crippen LogP contribution in [0.1, 0.15) is 11.7 Å². The number of carbonyl (C=O) groups excluding carboxylic acids is 1. The van der Waals surface area contributed by atoms with Crippen LogP contribution in [0.15, 0.2) is 18.2 Å². The first-order valence-electron chi connectivity index (χ1n) is 3.87. The maximum atomic E-state index is 10.7. The number of halogens is 1. The summed E-state index contributed by atoms with van der Waals surface area (Å²) in [7, 11) is 1.48. The number of rotatable bonds is 3. The van der Waals surface area contributed by atoms with Crippen molar-refractivity contribution in [2.75, 3.05) is 7.11 Å². The molecule has 0 heterocycles. The Kier molecular flexibility index (Phi) is 3.33. The lowest BCUT2D eigenvalue weighted by Gasteiger charge is -2.09. The van der Waals surface area contributed by atoms with Gasteiger partial charge in [-0.1, -0.05) is 17.7 Å². The van der Waals surface area contributed by atoms with E-state index in [9.17, 15) is 9.90 Å². The molecule has 0 aliphatic rings. The average Bonchev–Trinajstić information content (AvgIpc) is 2.16. The van der Waals surface area contributed by atoms with E-state index in [4.69, 9.17) is 22.1 Å². The average molecular weight is 216 g/mol. The van der Waals surface area contributed by atoms with E-state index in [-0.39, 0.29) is 0 Å². The number of aliphatic hydroxyl groups excluding tert-OH is 1. The van der Waals surface area contributed by atoms with Gasteiger partial charge < -0.3 is 15.6 Å². The number of nitrogens with two attached hydrogens (primary N) is 1. The Morgan fingerprint density at radius 1 is 1.64 bits per heavy atom. The normalized spacial score (nSPS) is 12.2. The molecule has 0 radical (unpaired) electrons. The number of amides is 1. The summed E-state index contributed by atoms with van der Waals surface area (Å²) in [4.78, 5) is 10.7. The van der Waals surface area contributed by atoms with Gasteiger partial charge in [-0.3, -0.25) is 4.79 Å². The molecular formula is C9H10ClNO3. The van der Waals surface area contributed by atoms with Crippen molar-refractivity contribution in [2.24, 2.45) is 5.73 Å². The highest BCUT2D eigenvalue weighted by Crippen LogP contribution is 2.27. The van der Waals surface area contributed by atoms with E-state index in [0.717, 1.165) is 0 Å². The van der Waals surface area contributed by atoms with Gasteiger partial charge in [0.25, 0.3) is 5.91 Å². The van der Waals surface area contributed by atoms with Crippen LogP contribution in [0, 0.1) is 0 Å². The molecular weight excluding hydrogens is 206 g/mol. The minimum Gasteiger partial charge on any atom is -0.495 e. The van der Waals surface area contributed by atoms with Crippen molar-refractivity contribution >= 4 is 17.5 Å². The summed E-state index contributed by atoms with van der Waals surface area (Å²) in [6.07, 6.45) is -1.33. The molecule has 14 heavy (non-hydrogen) atoms. The molecule has 5 heteroatoms. The Hall–Kier alpha value is -1.26. The summed E-state index contributed by atoms with van der Waals surface area (Å²) in [6.45, 7) is 0. The predicted molar refractivity (Wildman–Crippen MR) is 52.2 cm³/mol. The zero-order valence-corrected chi connectivity index (χ0v) is 8.28. The van der Waals surface area contributed by atoms with Crippen LogP contribution in [-0.4, -0.2) is 18.1 Å². The van der Waals surface area contributed by atoms with Crippen LogP contribution in [0.3, 0.4) is 0 Å². The molecule has 1 amide bonds. The molecule has 0 saturated heterocycles. The third kappa shape index (κ3) is 2.16. The van der Waals surface area contributed by atoms with Crippen molar-refractivity contribution in [3.8, 4) is 5.75 Å². The highest BCUT2D eigenvalue weighted by Gasteiger charge is 2.14. The SMILES string of the molecule is COc1ccc(C(O)C(N)=O)cc1Cl. The minimum absolute atomic E-state index is 0.324. The zero-order valence-electron chi connectivity index (χ0n) is 7.53. The summed E-state index contributed by atoms with van der Waals surface area (Å²) >= 11 is 5.79. The van der Waals surface area contributed by atoms with Crippen LogP contribution >= 0.6 is 11.6 Å². The molecule has 0 saturated carbocycles. The Labute approximate surface area is 86.2 Å². The Balaban J connectivity index is 3.02. The van der Waals surface area contributed by atoms with E-state index in [1.54, 1.807) is 6.07 Å². The molecule has 0 aliphatic heterocycles. The highest BCUT2D eigenvalue weighted by atomic mass is 35.5. The summed E-state index contributed by atoms with van der Waals surface area (Å²) in [5.74, 6) is -0.335. The van der Waals surface area contributed by atoms with E-state index in [0.29, 0.717) is 16.3 Å². The van der Waals surface area contributed by atoms with Crippen LogP contribution in [-0.2, 0) is 4.79 Å². The van der Waals surface area contributed by atoms with E-state index < -0.39 is 12.0 Å². The molecule has 1 atom stereocenters. The van der Waals surface area contributed by atoms with E-state index in [2.05, 4.69) is 0 Å². The molecule has 76 valence electrons. The van der Waals surface area contributed by atoms with Gasteiger partial charge in [-0.05, 0) is 17.7 Å². The fourth-order valence-electron chi connectivity index (χ4n) is 1.02. The Morgan fingerprint density at radius 2 is 2.29 bits per heavy atom. The third-order valence-corrected chi connectivity index (χ3v) is 2.06. The summed E-state index contributed by atoms with van der Waals surface area (Å²) in [6, 6.07) is 4.53. The molecule has 0 bridgehead atoms. The molecule has 0 aliphatic carbocycles. The van der Waals surface area contributed by atoms with Gasteiger partial charge in [0.15, 0.2) is 6.10 Å². The first-order chi connectivity index (χ1) is 6.56. The number of primary amides is 1. The summed E-state index contributed by atoms with van der Waals surface area (Å²) < 4.78 is 4.91. The summed E-state index contributed by atoms with van der Waals surface area (Å²) in [5, 5.41) is 9.64. The second-order valence-electron chi connectivity index (χ2n) is 2.70. The van der Waals surface area contributed by atoms with Crippen molar-refractivity contribution in [1.29, 1.82) is 0 Å². The van der Waals surface area contributed by atoms with Crippen molar-refractivity contribution in [3.63, 3.8) is 0 Å². The number of aliphatic hydroxyl groups is 1. The molecule has 0 spiro atoms. The van der Waals surface area contributed by atoms with Crippen LogP contribution in [0.2, 0.25) is 5.02 Å². The second kappa shape index (κ2) is 4.30. The largest absolute Gasteiger partial charge is 0.495 e. The van der Waals surface area contributed by atoms with Crippen molar-refractivity contribution < 1.29 is 14.6 Å². The van der Waals surface area contributed by atoms with E-state index in [1.807, 2.05) is 0 Å². The fraction of sp³-hybridized carbons (Fsp3) is 0.222. The number of hydrogen-bond donors (Lipinski definition) is 2. The lowest BCUT2D eigenvalue weighted by Crippen LogP contribution is -2.20. The molecule has 1 aromatic carbocycles. The van der Waals surface area contributed by atoms with E-state index >= 15 is 0 Å². The molecule has 3 N–H and O–H groups in total. The molecule has 4 nitrogen and oxygen atoms in total. The number of benzene rings is 1. The summed E-state index contributed by atoms with van der Waals surface area (Å²) in [5.41, 5.74) is 5.28. The highest BCUT2D eigenvalue weighted by molar-refractivity contribution is 6.32.